The molecule has 0 spiro atoms. The molecule has 0 bridgehead atoms. The molecule has 0 aliphatic heterocycles. The summed E-state index contributed by atoms with van der Waals surface area (Å²) in [7, 11) is 0. The van der Waals surface area contributed by atoms with Crippen LogP contribution in [0.15, 0.2) is 0 Å². The molecule has 0 saturated carbocycles. The largest absolute Gasteiger partial charge is 0.481 e. The topological polar surface area (TPSA) is 74.6 Å². The van der Waals surface area contributed by atoms with Crippen molar-refractivity contribution in [3.63, 3.8) is 0 Å². The van der Waals surface area contributed by atoms with Crippen molar-refractivity contribution in [3.05, 3.63) is 0 Å². The number of hydrogen-bond acceptors (Lipinski definition) is 2. The van der Waals surface area contributed by atoms with Gasteiger partial charge < -0.3 is 10.2 Å². The molecule has 0 radical (unpaired) electrons. The normalized spacial score (nSPS) is 15.7. The fraction of sp³-hybridized carbons (Fsp3) is 0.939. The van der Waals surface area contributed by atoms with Gasteiger partial charge in [-0.15, -0.1) is 0 Å². The van der Waals surface area contributed by atoms with Gasteiger partial charge in [-0.3, -0.25) is 9.59 Å². The van der Waals surface area contributed by atoms with Crippen LogP contribution >= 0.6 is 0 Å². The summed E-state index contributed by atoms with van der Waals surface area (Å²) in [4.78, 5) is 23.6. The fourth-order valence-corrected chi connectivity index (χ4v) is 6.28. The molecule has 0 aliphatic carbocycles. The zero-order chi connectivity index (χ0) is 27.9. The predicted octanol–water partition coefficient (Wildman–Crippen LogP) is 10.7. The van der Waals surface area contributed by atoms with Gasteiger partial charge in [-0.1, -0.05) is 144 Å². The molecule has 3 atom stereocenters. The van der Waals surface area contributed by atoms with E-state index in [1.54, 1.807) is 0 Å². The Hall–Kier alpha value is -1.06. The van der Waals surface area contributed by atoms with Gasteiger partial charge in [-0.05, 0) is 43.4 Å². The molecule has 0 aromatic carbocycles. The third-order valence-corrected chi connectivity index (χ3v) is 8.91. The lowest BCUT2D eigenvalue weighted by atomic mass is 9.65. The van der Waals surface area contributed by atoms with Crippen LogP contribution in [0.4, 0.5) is 0 Å². The number of rotatable bonds is 27. The fourth-order valence-electron chi connectivity index (χ4n) is 6.28. The summed E-state index contributed by atoms with van der Waals surface area (Å²) in [6, 6.07) is 0. The molecule has 220 valence electrons. The number of aliphatic carboxylic acids is 2. The summed E-state index contributed by atoms with van der Waals surface area (Å²) in [5.74, 6) is 0.327. The minimum absolute atomic E-state index is 0.297. The summed E-state index contributed by atoms with van der Waals surface area (Å²) in [6.45, 7) is 11.2. The average Bonchev–Trinajstić information content (AvgIpc) is 2.88. The quantitative estimate of drug-likeness (QED) is 0.105. The van der Waals surface area contributed by atoms with Crippen LogP contribution in [-0.2, 0) is 9.59 Å². The van der Waals surface area contributed by atoms with Crippen LogP contribution in [0.1, 0.15) is 176 Å². The van der Waals surface area contributed by atoms with Crippen LogP contribution in [0.3, 0.4) is 0 Å². The van der Waals surface area contributed by atoms with Gasteiger partial charge in [0.1, 0.15) is 0 Å². The highest BCUT2D eigenvalue weighted by Crippen LogP contribution is 2.45. The molecule has 0 aliphatic rings. The number of unbranched alkanes of at least 4 members (excludes halogenated alkanes) is 9. The third-order valence-electron chi connectivity index (χ3n) is 8.91. The minimum atomic E-state index is -0.685. The molecule has 37 heavy (non-hydrogen) atoms. The number of carboxylic acid groups (broad SMARTS) is 2. The second-order valence-corrected chi connectivity index (χ2v) is 12.1. The van der Waals surface area contributed by atoms with E-state index < -0.39 is 17.4 Å². The second-order valence-electron chi connectivity index (χ2n) is 12.1. The summed E-state index contributed by atoms with van der Waals surface area (Å²) < 4.78 is 0. The summed E-state index contributed by atoms with van der Waals surface area (Å²) in [6.07, 6.45) is 23.5. The molecular weight excluding hydrogens is 460 g/mol. The average molecular weight is 525 g/mol. The number of carboxylic acids is 2. The zero-order valence-corrected chi connectivity index (χ0v) is 25.5. The van der Waals surface area contributed by atoms with Crippen LogP contribution in [0, 0.1) is 23.2 Å². The second kappa shape index (κ2) is 22.9. The van der Waals surface area contributed by atoms with Gasteiger partial charge in [0.2, 0.25) is 0 Å². The Labute approximate surface area is 230 Å². The van der Waals surface area contributed by atoms with Gasteiger partial charge in [0.15, 0.2) is 0 Å². The minimum Gasteiger partial charge on any atom is -0.481 e. The first kappa shape index (κ1) is 35.9. The third kappa shape index (κ3) is 17.2. The maximum absolute atomic E-state index is 13.1. The van der Waals surface area contributed by atoms with Crippen molar-refractivity contribution in [1.82, 2.24) is 0 Å². The van der Waals surface area contributed by atoms with Crippen LogP contribution in [-0.4, -0.2) is 22.2 Å². The molecule has 0 fully saturated rings. The van der Waals surface area contributed by atoms with E-state index in [2.05, 4.69) is 34.6 Å². The van der Waals surface area contributed by atoms with E-state index >= 15 is 0 Å². The Morgan fingerprint density at radius 3 is 1.22 bits per heavy atom. The molecular formula is C33H64O4. The lowest BCUT2D eigenvalue weighted by molar-refractivity contribution is -0.153. The van der Waals surface area contributed by atoms with Crippen molar-refractivity contribution in [3.8, 4) is 0 Å². The molecule has 0 heterocycles. The molecule has 0 aromatic rings. The maximum atomic E-state index is 13.1. The molecule has 2 N–H and O–H groups in total. The van der Waals surface area contributed by atoms with Gasteiger partial charge in [0.25, 0.3) is 0 Å². The van der Waals surface area contributed by atoms with Crippen molar-refractivity contribution in [1.29, 1.82) is 0 Å². The molecule has 4 nitrogen and oxygen atoms in total. The Balaban J connectivity index is 5.05. The highest BCUT2D eigenvalue weighted by Gasteiger charge is 2.42. The first-order chi connectivity index (χ1) is 17.8. The maximum Gasteiger partial charge on any atom is 0.309 e. The summed E-state index contributed by atoms with van der Waals surface area (Å²) in [5.41, 5.74) is -0.570. The lowest BCUT2D eigenvalue weighted by Crippen LogP contribution is -2.37. The van der Waals surface area contributed by atoms with E-state index in [0.29, 0.717) is 24.2 Å². The Kier molecular flexibility index (Phi) is 22.2. The number of hydrogen-bond donors (Lipinski definition) is 2. The number of carbonyl (C=O) groups is 2. The van der Waals surface area contributed by atoms with E-state index in [4.69, 9.17) is 5.11 Å². The van der Waals surface area contributed by atoms with E-state index in [-0.39, 0.29) is 0 Å². The predicted molar refractivity (Wildman–Crippen MR) is 158 cm³/mol. The SMILES string of the molecule is CCCCC(CC)CC(CC(CC)CCCC)(CC(CC)CCCCCCCCCCC(=O)O)C(=O)O. The van der Waals surface area contributed by atoms with Gasteiger partial charge in [-0.25, -0.2) is 0 Å². The lowest BCUT2D eigenvalue weighted by Gasteiger charge is -2.38. The van der Waals surface area contributed by atoms with Gasteiger partial charge in [0, 0.05) is 6.42 Å². The van der Waals surface area contributed by atoms with Crippen LogP contribution in [0.2, 0.25) is 0 Å². The highest BCUT2D eigenvalue weighted by molar-refractivity contribution is 5.74. The van der Waals surface area contributed by atoms with Crippen LogP contribution in [0.25, 0.3) is 0 Å². The Bertz CT molecular complexity index is 541. The monoisotopic (exact) mass is 524 g/mol. The van der Waals surface area contributed by atoms with Crippen LogP contribution in [0.5, 0.6) is 0 Å². The van der Waals surface area contributed by atoms with Crippen molar-refractivity contribution in [2.45, 2.75) is 176 Å². The van der Waals surface area contributed by atoms with Crippen molar-refractivity contribution >= 4 is 11.9 Å². The van der Waals surface area contributed by atoms with E-state index in [0.717, 1.165) is 64.2 Å². The first-order valence-electron chi connectivity index (χ1n) is 16.2. The smallest absolute Gasteiger partial charge is 0.309 e. The highest BCUT2D eigenvalue weighted by atomic mass is 16.4. The van der Waals surface area contributed by atoms with Crippen molar-refractivity contribution in [2.24, 2.45) is 23.2 Å². The molecule has 4 heteroatoms. The Morgan fingerprint density at radius 2 is 0.892 bits per heavy atom. The van der Waals surface area contributed by atoms with Crippen molar-refractivity contribution < 1.29 is 19.8 Å². The summed E-state index contributed by atoms with van der Waals surface area (Å²) >= 11 is 0. The zero-order valence-electron chi connectivity index (χ0n) is 25.5. The van der Waals surface area contributed by atoms with Crippen molar-refractivity contribution in [2.75, 3.05) is 0 Å². The van der Waals surface area contributed by atoms with E-state index in [9.17, 15) is 14.7 Å². The van der Waals surface area contributed by atoms with Crippen LogP contribution < -0.4 is 0 Å². The van der Waals surface area contributed by atoms with Gasteiger partial charge in [-0.2, -0.15) is 0 Å². The van der Waals surface area contributed by atoms with Gasteiger partial charge in [0.05, 0.1) is 5.41 Å². The molecule has 0 amide bonds. The van der Waals surface area contributed by atoms with E-state index in [1.807, 2.05) is 0 Å². The van der Waals surface area contributed by atoms with E-state index in [1.165, 1.54) is 70.6 Å². The van der Waals surface area contributed by atoms with Gasteiger partial charge >= 0.3 is 11.9 Å². The standard InChI is InChI=1S/C33H64O4/c1-6-11-21-28(8-3)25-33(32(36)37,26-29(9-4)22-12-7-2)27-30(10-5)23-19-17-15-13-14-16-18-20-24-31(34)35/h28-30H,6-27H2,1-5H3,(H,34,35)(H,36,37). The Morgan fingerprint density at radius 1 is 0.541 bits per heavy atom. The first-order valence-corrected chi connectivity index (χ1v) is 16.2. The molecule has 0 aromatic heterocycles. The molecule has 0 rings (SSSR count). The molecule has 0 saturated heterocycles. The summed E-state index contributed by atoms with van der Waals surface area (Å²) in [5, 5.41) is 19.5. The molecule has 3 unspecified atom stereocenters.